The molecule has 2 amide bonds. The summed E-state index contributed by atoms with van der Waals surface area (Å²) in [5.74, 6) is -3.24. The number of urea groups is 1. The molecule has 1 fully saturated rings. The lowest BCUT2D eigenvalue weighted by molar-refractivity contribution is -0.238. The summed E-state index contributed by atoms with van der Waals surface area (Å²) in [5.41, 5.74) is 1.94. The number of ether oxygens (including phenoxy) is 8. The maximum atomic E-state index is 13.6. The lowest BCUT2D eigenvalue weighted by atomic mass is 9.86. The Bertz CT molecular complexity index is 2740. The normalized spacial score (nSPS) is 13.8. The highest BCUT2D eigenvalue weighted by atomic mass is 32.2. The molecule has 4 N–H and O–H groups in total. The van der Waals surface area contributed by atoms with Crippen LogP contribution in [0.15, 0.2) is 85.1 Å². The minimum absolute atomic E-state index is 0.0245. The van der Waals surface area contributed by atoms with Gasteiger partial charge in [0.05, 0.1) is 57.4 Å². The zero-order valence-electron chi connectivity index (χ0n) is 38.3. The van der Waals surface area contributed by atoms with Crippen molar-refractivity contribution in [2.75, 3.05) is 74.2 Å². The van der Waals surface area contributed by atoms with Crippen LogP contribution in [0.25, 0.3) is 10.8 Å². The number of carbonyl (C=O) groups excluding carboxylic acids is 4. The Hall–Kier alpha value is -7.16. The third kappa shape index (κ3) is 13.5. The Morgan fingerprint density at radius 2 is 1.42 bits per heavy atom. The predicted octanol–water partition coefficient (Wildman–Crippen LogP) is 7.53. The van der Waals surface area contributed by atoms with E-state index in [9.17, 15) is 27.6 Å². The van der Waals surface area contributed by atoms with Crippen molar-refractivity contribution in [2.45, 2.75) is 45.8 Å². The molecule has 20 heteroatoms. The molecule has 2 heterocycles. The second-order valence-electron chi connectivity index (χ2n) is 16.6. The van der Waals surface area contributed by atoms with Crippen LogP contribution in [-0.2, 0) is 48.8 Å². The Balaban J connectivity index is 1.05. The summed E-state index contributed by atoms with van der Waals surface area (Å²) in [6, 6.07) is 22.4. The molecule has 1 aromatic heterocycles. The number of anilines is 5. The molecule has 0 unspecified atom stereocenters. The van der Waals surface area contributed by atoms with Crippen LogP contribution in [0.4, 0.5) is 33.4 Å². The van der Waals surface area contributed by atoms with Crippen LogP contribution in [0.3, 0.4) is 0 Å². The molecule has 0 saturated carbocycles. The maximum Gasteiger partial charge on any atom is 0.331 e. The van der Waals surface area contributed by atoms with Gasteiger partial charge in [-0.25, -0.2) is 18.2 Å². The number of fused-ring (bicyclic) bond motifs is 1. The van der Waals surface area contributed by atoms with Crippen molar-refractivity contribution in [3.63, 3.8) is 0 Å². The SMILES string of the molecule is COc1cc(Nc2cc(Oc3ccc(NC(=O)Nc4cc(C(C)(C)C)cc(NS(C)(=O)=O)c4OC)c4ccccc34)ccn2)cc(OCCOCCOCC(=O)C2C(=O)OC(C)(C)OC2=O)c1. The number of Topliss-reactive ketones (excluding diaryl/α,β-unsaturated/α-hetero) is 1. The standard InChI is InChI=1S/C47H53N5O14S/c1-46(2,3)28-21-36(42(60-7)37(22-28)52-67(8,57)58)51-45(56)50-35-13-14-39(34-12-10-9-11-33(34)35)64-30-15-16-48-40(26-30)49-29-23-31(59-6)25-32(24-29)63-20-19-61-17-18-62-27-38(53)41-43(54)65-47(4,5)66-44(41)55/h9-16,21-26,41,52H,17-20,27H2,1-8H3,(H,48,49)(H2,50,51,56). The molecule has 1 aliphatic rings. The molecule has 4 aromatic carbocycles. The quantitative estimate of drug-likeness (QED) is 0.0335. The van der Waals surface area contributed by atoms with Gasteiger partial charge in [0.2, 0.25) is 15.9 Å². The zero-order chi connectivity index (χ0) is 48.5. The summed E-state index contributed by atoms with van der Waals surface area (Å²) in [5, 5.41) is 10.4. The topological polar surface area (TPSA) is 237 Å². The Kier molecular flexibility index (Phi) is 15.4. The molecule has 356 valence electrons. The van der Waals surface area contributed by atoms with Crippen molar-refractivity contribution in [3.8, 4) is 28.7 Å². The molecule has 0 bridgehead atoms. The number of pyridine rings is 1. The third-order valence-corrected chi connectivity index (χ3v) is 10.4. The number of rotatable bonds is 20. The highest BCUT2D eigenvalue weighted by molar-refractivity contribution is 7.92. The first-order valence-electron chi connectivity index (χ1n) is 20.9. The Labute approximate surface area is 387 Å². The molecule has 5 aromatic rings. The van der Waals surface area contributed by atoms with Gasteiger partial charge in [0, 0.05) is 60.8 Å². The number of hydrogen-bond acceptors (Lipinski definition) is 16. The number of ketones is 1. The van der Waals surface area contributed by atoms with Crippen LogP contribution >= 0.6 is 0 Å². The lowest BCUT2D eigenvalue weighted by Gasteiger charge is -2.32. The van der Waals surface area contributed by atoms with Gasteiger partial charge in [-0.05, 0) is 41.3 Å². The Morgan fingerprint density at radius 1 is 0.761 bits per heavy atom. The number of esters is 2. The molecule has 67 heavy (non-hydrogen) atoms. The highest BCUT2D eigenvalue weighted by Gasteiger charge is 2.47. The van der Waals surface area contributed by atoms with Gasteiger partial charge >= 0.3 is 18.0 Å². The Morgan fingerprint density at radius 3 is 2.10 bits per heavy atom. The van der Waals surface area contributed by atoms with Crippen LogP contribution in [0.1, 0.15) is 40.2 Å². The van der Waals surface area contributed by atoms with Gasteiger partial charge < -0.3 is 53.8 Å². The largest absolute Gasteiger partial charge is 0.497 e. The van der Waals surface area contributed by atoms with E-state index < -0.39 is 52.1 Å². The monoisotopic (exact) mass is 943 g/mol. The number of aromatic nitrogens is 1. The summed E-state index contributed by atoms with van der Waals surface area (Å²) >= 11 is 0. The summed E-state index contributed by atoms with van der Waals surface area (Å²) < 4.78 is 71.0. The molecule has 1 aliphatic heterocycles. The lowest BCUT2D eigenvalue weighted by Crippen LogP contribution is -2.49. The second-order valence-corrected chi connectivity index (χ2v) is 18.4. The molecule has 6 rings (SSSR count). The first kappa shape index (κ1) is 49.3. The number of cyclic esters (lactones) is 2. The zero-order valence-corrected chi connectivity index (χ0v) is 39.1. The predicted molar refractivity (Wildman–Crippen MR) is 249 cm³/mol. The van der Waals surface area contributed by atoms with Crippen molar-refractivity contribution < 1.29 is 65.5 Å². The maximum absolute atomic E-state index is 13.6. The average molecular weight is 944 g/mol. The van der Waals surface area contributed by atoms with Crippen LogP contribution in [0, 0.1) is 5.92 Å². The number of sulfonamides is 1. The van der Waals surface area contributed by atoms with Crippen LogP contribution < -0.4 is 39.6 Å². The smallest absolute Gasteiger partial charge is 0.331 e. The van der Waals surface area contributed by atoms with Crippen molar-refractivity contribution in [1.29, 1.82) is 0 Å². The van der Waals surface area contributed by atoms with Crippen LogP contribution in [0.2, 0.25) is 0 Å². The summed E-state index contributed by atoms with van der Waals surface area (Å²) in [6.45, 7) is 8.70. The molecule has 0 spiro atoms. The minimum atomic E-state index is -3.66. The van der Waals surface area contributed by atoms with E-state index in [1.807, 2.05) is 45.0 Å². The minimum Gasteiger partial charge on any atom is -0.497 e. The first-order valence-corrected chi connectivity index (χ1v) is 22.8. The average Bonchev–Trinajstić information content (AvgIpc) is 3.24. The first-order chi connectivity index (χ1) is 31.7. The van der Waals surface area contributed by atoms with Crippen LogP contribution in [-0.4, -0.2) is 96.5 Å². The highest BCUT2D eigenvalue weighted by Crippen LogP contribution is 2.40. The molecule has 0 aliphatic carbocycles. The molecule has 19 nitrogen and oxygen atoms in total. The molecule has 0 radical (unpaired) electrons. The fourth-order valence-electron chi connectivity index (χ4n) is 6.74. The summed E-state index contributed by atoms with van der Waals surface area (Å²) in [7, 11) is -0.743. The van der Waals surface area contributed by atoms with Gasteiger partial charge in [0.15, 0.2) is 11.5 Å². The molecule has 0 atom stereocenters. The van der Waals surface area contributed by atoms with Gasteiger partial charge in [-0.2, -0.15) is 0 Å². The fourth-order valence-corrected chi connectivity index (χ4v) is 7.29. The number of methoxy groups -OCH3 is 2. The number of amides is 2. The van der Waals surface area contributed by atoms with E-state index in [0.29, 0.717) is 51.0 Å². The van der Waals surface area contributed by atoms with Gasteiger partial charge in [0.1, 0.15) is 42.0 Å². The third-order valence-electron chi connectivity index (χ3n) is 9.78. The van der Waals surface area contributed by atoms with E-state index in [1.54, 1.807) is 60.8 Å². The van der Waals surface area contributed by atoms with Gasteiger partial charge in [-0.15, -0.1) is 0 Å². The number of nitrogens with zero attached hydrogens (tertiary/aromatic N) is 1. The molecular formula is C47H53N5O14S. The van der Waals surface area contributed by atoms with Crippen molar-refractivity contribution in [3.05, 3.63) is 90.6 Å². The molecule has 1 saturated heterocycles. The number of benzene rings is 4. The van der Waals surface area contributed by atoms with Crippen molar-refractivity contribution >= 4 is 73.1 Å². The second kappa shape index (κ2) is 21.0. The van der Waals surface area contributed by atoms with Crippen molar-refractivity contribution in [2.24, 2.45) is 5.92 Å². The summed E-state index contributed by atoms with van der Waals surface area (Å²) in [6.07, 6.45) is 2.63. The van der Waals surface area contributed by atoms with Gasteiger partial charge in [-0.3, -0.25) is 19.1 Å². The fraction of sp³-hybridized carbons (Fsp3) is 0.340. The van der Waals surface area contributed by atoms with E-state index in [-0.39, 0.29) is 49.0 Å². The number of carbonyl (C=O) groups is 4. The van der Waals surface area contributed by atoms with E-state index in [0.717, 1.165) is 11.8 Å². The number of hydrogen-bond donors (Lipinski definition) is 4. The van der Waals surface area contributed by atoms with Gasteiger partial charge in [0.25, 0.3) is 5.79 Å². The van der Waals surface area contributed by atoms with E-state index in [1.165, 1.54) is 28.1 Å². The van der Waals surface area contributed by atoms with Gasteiger partial charge in [-0.1, -0.05) is 45.0 Å². The van der Waals surface area contributed by atoms with Crippen LogP contribution in [0.5, 0.6) is 28.7 Å². The van der Waals surface area contributed by atoms with E-state index in [2.05, 4.69) is 25.7 Å². The van der Waals surface area contributed by atoms with Crippen molar-refractivity contribution in [1.82, 2.24) is 4.98 Å². The summed E-state index contributed by atoms with van der Waals surface area (Å²) in [4.78, 5) is 54.6. The van der Waals surface area contributed by atoms with E-state index in [4.69, 9.17) is 37.9 Å². The van der Waals surface area contributed by atoms with E-state index >= 15 is 0 Å². The number of nitrogens with one attached hydrogen (secondary N) is 4. The molecular weight excluding hydrogens is 891 g/mol.